The Bertz CT molecular complexity index is 424. The molecule has 0 aromatic heterocycles. The van der Waals surface area contributed by atoms with Gasteiger partial charge in [-0.05, 0) is 5.56 Å². The van der Waals surface area contributed by atoms with Gasteiger partial charge in [0.05, 0.1) is 19.0 Å². The Morgan fingerprint density at radius 2 is 2.18 bits per heavy atom. The maximum absolute atomic E-state index is 11.4. The number of nitrogens with one attached hydrogen (secondary N) is 1. The summed E-state index contributed by atoms with van der Waals surface area (Å²) >= 11 is 0. The van der Waals surface area contributed by atoms with Gasteiger partial charge in [0.2, 0.25) is 5.91 Å². The van der Waals surface area contributed by atoms with Gasteiger partial charge in [0.15, 0.2) is 0 Å². The van der Waals surface area contributed by atoms with Gasteiger partial charge in [0, 0.05) is 19.1 Å². The lowest BCUT2D eigenvalue weighted by atomic mass is 10.0. The molecule has 1 N–H and O–H groups in total. The minimum atomic E-state index is 0.0206. The van der Waals surface area contributed by atoms with E-state index >= 15 is 0 Å². The van der Waals surface area contributed by atoms with E-state index in [0.717, 1.165) is 12.1 Å². The molecule has 88 valence electrons. The second-order valence-electron chi connectivity index (χ2n) is 4.11. The smallest absolute Gasteiger partial charge is 0.234 e. The molecule has 1 saturated heterocycles. The number of benzene rings is 1. The second-order valence-corrected chi connectivity index (χ2v) is 4.11. The summed E-state index contributed by atoms with van der Waals surface area (Å²) in [7, 11) is 0. The van der Waals surface area contributed by atoms with Crippen molar-refractivity contribution in [1.29, 1.82) is 5.26 Å². The number of piperazine rings is 1. The lowest BCUT2D eigenvalue weighted by Gasteiger charge is -2.33. The highest BCUT2D eigenvalue weighted by atomic mass is 16.2. The third-order valence-electron chi connectivity index (χ3n) is 2.98. The second kappa shape index (κ2) is 5.46. The van der Waals surface area contributed by atoms with Crippen molar-refractivity contribution in [2.45, 2.75) is 12.5 Å². The first-order valence-electron chi connectivity index (χ1n) is 5.74. The lowest BCUT2D eigenvalue weighted by Crippen LogP contribution is -2.48. The van der Waals surface area contributed by atoms with Crippen molar-refractivity contribution in [3.05, 3.63) is 35.9 Å². The van der Waals surface area contributed by atoms with Crippen molar-refractivity contribution in [3.63, 3.8) is 0 Å². The molecular weight excluding hydrogens is 214 g/mol. The molecule has 0 radical (unpaired) electrons. The van der Waals surface area contributed by atoms with Gasteiger partial charge in [-0.3, -0.25) is 9.69 Å². The normalized spacial score (nSPS) is 18.2. The van der Waals surface area contributed by atoms with Gasteiger partial charge < -0.3 is 5.32 Å². The van der Waals surface area contributed by atoms with Crippen LogP contribution in [0, 0.1) is 11.3 Å². The molecule has 2 rings (SSSR count). The van der Waals surface area contributed by atoms with Gasteiger partial charge in [-0.25, -0.2) is 0 Å². The fourth-order valence-electron chi connectivity index (χ4n) is 2.14. The van der Waals surface area contributed by atoms with Crippen LogP contribution >= 0.6 is 0 Å². The average molecular weight is 229 g/mol. The summed E-state index contributed by atoms with van der Waals surface area (Å²) in [6.07, 6.45) is 0.414. The molecule has 0 saturated carbocycles. The van der Waals surface area contributed by atoms with Gasteiger partial charge in [-0.1, -0.05) is 30.3 Å². The number of hydrogen-bond acceptors (Lipinski definition) is 3. The van der Waals surface area contributed by atoms with E-state index in [4.69, 9.17) is 5.26 Å². The fraction of sp³-hybridized carbons (Fsp3) is 0.385. The maximum Gasteiger partial charge on any atom is 0.234 e. The van der Waals surface area contributed by atoms with E-state index in [0.29, 0.717) is 19.5 Å². The summed E-state index contributed by atoms with van der Waals surface area (Å²) in [6.45, 7) is 1.84. The molecule has 0 aliphatic carbocycles. The minimum absolute atomic E-state index is 0.0206. The Morgan fingerprint density at radius 1 is 1.41 bits per heavy atom. The number of carbonyl (C=O) groups is 1. The summed E-state index contributed by atoms with van der Waals surface area (Å²) in [5.41, 5.74) is 1.10. The first-order chi connectivity index (χ1) is 8.31. The van der Waals surface area contributed by atoms with Crippen LogP contribution in [-0.2, 0) is 4.79 Å². The zero-order valence-electron chi connectivity index (χ0n) is 9.60. The number of amides is 1. The summed E-state index contributed by atoms with van der Waals surface area (Å²) in [6, 6.07) is 12.1. The summed E-state index contributed by atoms with van der Waals surface area (Å²) in [4.78, 5) is 13.4. The van der Waals surface area contributed by atoms with Gasteiger partial charge in [-0.15, -0.1) is 0 Å². The number of nitrogens with zero attached hydrogens (tertiary/aromatic N) is 2. The van der Waals surface area contributed by atoms with Crippen LogP contribution in [0.3, 0.4) is 0 Å². The molecular formula is C13H15N3O. The molecule has 1 amide bonds. The summed E-state index contributed by atoms with van der Waals surface area (Å²) < 4.78 is 0. The molecule has 1 fully saturated rings. The Kier molecular flexibility index (Phi) is 3.73. The third kappa shape index (κ3) is 2.83. The highest BCUT2D eigenvalue weighted by Gasteiger charge is 2.24. The number of nitriles is 1. The van der Waals surface area contributed by atoms with Crippen molar-refractivity contribution in [2.24, 2.45) is 0 Å². The van der Waals surface area contributed by atoms with Crippen molar-refractivity contribution in [2.75, 3.05) is 19.6 Å². The van der Waals surface area contributed by atoms with E-state index in [1.807, 2.05) is 30.3 Å². The quantitative estimate of drug-likeness (QED) is 0.843. The number of carbonyl (C=O) groups excluding carboxylic acids is 1. The standard InChI is InChI=1S/C13H15N3O/c14-7-6-12(11-4-2-1-3-5-11)16-9-8-15-13(17)10-16/h1-5,12H,6,8-10H2,(H,15,17). The molecule has 1 aliphatic heterocycles. The predicted octanol–water partition coefficient (Wildman–Crippen LogP) is 1.07. The van der Waals surface area contributed by atoms with E-state index in [2.05, 4.69) is 16.3 Å². The number of rotatable bonds is 3. The monoisotopic (exact) mass is 229 g/mol. The van der Waals surface area contributed by atoms with E-state index in [1.54, 1.807) is 0 Å². The summed E-state index contributed by atoms with van der Waals surface area (Å²) in [5, 5.41) is 11.7. The third-order valence-corrected chi connectivity index (χ3v) is 2.98. The molecule has 1 unspecified atom stereocenters. The molecule has 1 atom stereocenters. The van der Waals surface area contributed by atoms with Crippen molar-refractivity contribution in [1.82, 2.24) is 10.2 Å². The Hall–Kier alpha value is -1.86. The minimum Gasteiger partial charge on any atom is -0.354 e. The highest BCUT2D eigenvalue weighted by molar-refractivity contribution is 5.78. The van der Waals surface area contributed by atoms with Crippen LogP contribution in [0.5, 0.6) is 0 Å². The van der Waals surface area contributed by atoms with Crippen molar-refractivity contribution in [3.8, 4) is 6.07 Å². The molecule has 0 spiro atoms. The van der Waals surface area contributed by atoms with E-state index in [-0.39, 0.29) is 11.9 Å². The lowest BCUT2D eigenvalue weighted by molar-refractivity contribution is -0.124. The topological polar surface area (TPSA) is 56.1 Å². The van der Waals surface area contributed by atoms with Crippen molar-refractivity contribution >= 4 is 5.91 Å². The largest absolute Gasteiger partial charge is 0.354 e. The Morgan fingerprint density at radius 3 is 2.82 bits per heavy atom. The maximum atomic E-state index is 11.4. The molecule has 17 heavy (non-hydrogen) atoms. The van der Waals surface area contributed by atoms with E-state index in [1.165, 1.54) is 0 Å². The zero-order valence-corrected chi connectivity index (χ0v) is 9.60. The van der Waals surface area contributed by atoms with Crippen LogP contribution in [0.15, 0.2) is 30.3 Å². The fourth-order valence-corrected chi connectivity index (χ4v) is 2.14. The highest BCUT2D eigenvalue weighted by Crippen LogP contribution is 2.24. The van der Waals surface area contributed by atoms with Gasteiger partial charge in [0.25, 0.3) is 0 Å². The molecule has 1 heterocycles. The van der Waals surface area contributed by atoms with Gasteiger partial charge in [0.1, 0.15) is 0 Å². The molecule has 0 bridgehead atoms. The first kappa shape index (κ1) is 11.6. The van der Waals surface area contributed by atoms with Gasteiger partial charge in [-0.2, -0.15) is 5.26 Å². The molecule has 1 aliphatic rings. The Labute approximate surface area is 101 Å². The van der Waals surface area contributed by atoms with E-state index in [9.17, 15) is 4.79 Å². The predicted molar refractivity (Wildman–Crippen MR) is 64.0 cm³/mol. The van der Waals surface area contributed by atoms with E-state index < -0.39 is 0 Å². The van der Waals surface area contributed by atoms with Crippen LogP contribution in [0.1, 0.15) is 18.0 Å². The molecule has 1 aromatic carbocycles. The zero-order chi connectivity index (χ0) is 12.1. The van der Waals surface area contributed by atoms with Crippen LogP contribution < -0.4 is 5.32 Å². The molecule has 4 heteroatoms. The van der Waals surface area contributed by atoms with Crippen LogP contribution in [0.4, 0.5) is 0 Å². The van der Waals surface area contributed by atoms with Crippen LogP contribution in [0.2, 0.25) is 0 Å². The Balaban J connectivity index is 2.17. The average Bonchev–Trinajstić information content (AvgIpc) is 2.37. The first-order valence-corrected chi connectivity index (χ1v) is 5.74. The SMILES string of the molecule is N#CCC(c1ccccc1)N1CCNC(=O)C1. The molecule has 1 aromatic rings. The molecule has 4 nitrogen and oxygen atoms in total. The summed E-state index contributed by atoms with van der Waals surface area (Å²) in [5.74, 6) is 0.0371. The van der Waals surface area contributed by atoms with Crippen LogP contribution in [-0.4, -0.2) is 30.4 Å². The van der Waals surface area contributed by atoms with Crippen molar-refractivity contribution < 1.29 is 4.79 Å². The van der Waals surface area contributed by atoms with Gasteiger partial charge >= 0.3 is 0 Å². The van der Waals surface area contributed by atoms with Crippen LogP contribution in [0.25, 0.3) is 0 Å². The number of hydrogen-bond donors (Lipinski definition) is 1.